The molecule has 7 heteroatoms. The van der Waals surface area contributed by atoms with Crippen LogP contribution in [-0.4, -0.2) is 59.2 Å². The van der Waals surface area contributed by atoms with Crippen LogP contribution in [0.4, 0.5) is 0 Å². The van der Waals surface area contributed by atoms with Crippen LogP contribution in [0, 0.1) is 0 Å². The van der Waals surface area contributed by atoms with Crippen molar-refractivity contribution >= 4 is 15.9 Å². The molecule has 0 radical (unpaired) electrons. The molecule has 0 bridgehead atoms. The first kappa shape index (κ1) is 29.6. The molecule has 0 saturated carbocycles. The van der Waals surface area contributed by atoms with Crippen LogP contribution in [0.2, 0.25) is 0 Å². The van der Waals surface area contributed by atoms with Gasteiger partial charge in [0.15, 0.2) is 10.1 Å². The summed E-state index contributed by atoms with van der Waals surface area (Å²) in [6.07, 6.45) is -0.953. The lowest BCUT2D eigenvalue weighted by molar-refractivity contribution is -0.446. The van der Waals surface area contributed by atoms with E-state index in [4.69, 9.17) is 4.74 Å². The summed E-state index contributed by atoms with van der Waals surface area (Å²) in [6, 6.07) is 36.0. The van der Waals surface area contributed by atoms with Crippen LogP contribution in [0.5, 0.6) is 0 Å². The minimum atomic E-state index is -2.48. The summed E-state index contributed by atoms with van der Waals surface area (Å²) < 4.78 is 4.21. The Morgan fingerprint density at radius 1 is 0.463 bits per heavy atom. The molecular formula is C34H35BrO6. The first-order chi connectivity index (χ1) is 19.6. The Kier molecular flexibility index (Phi) is 8.25. The Morgan fingerprint density at radius 3 is 1.15 bits per heavy atom. The third-order valence-electron chi connectivity index (χ3n) is 8.36. The van der Waals surface area contributed by atoms with Crippen LogP contribution in [0.25, 0.3) is 0 Å². The molecule has 1 heterocycles. The molecule has 1 saturated heterocycles. The zero-order chi connectivity index (χ0) is 29.2. The molecular weight excluding hydrogens is 584 g/mol. The fraction of sp³-hybridized carbons (Fsp3) is 0.294. The van der Waals surface area contributed by atoms with Gasteiger partial charge in [-0.05, 0) is 38.2 Å². The summed E-state index contributed by atoms with van der Waals surface area (Å²) in [5.74, 6) is -2.47. The molecule has 0 spiro atoms. The van der Waals surface area contributed by atoms with E-state index in [1.165, 1.54) is 0 Å². The molecule has 6 nitrogen and oxygen atoms in total. The van der Waals surface area contributed by atoms with Crippen LogP contribution in [-0.2, 0) is 30.4 Å². The lowest BCUT2D eigenvalue weighted by Gasteiger charge is -2.66. The van der Waals surface area contributed by atoms with Crippen molar-refractivity contribution < 1.29 is 30.3 Å². The van der Waals surface area contributed by atoms with Crippen molar-refractivity contribution in [3.63, 3.8) is 0 Å². The van der Waals surface area contributed by atoms with Gasteiger partial charge in [0, 0.05) is 25.7 Å². The molecule has 0 unspecified atom stereocenters. The highest BCUT2D eigenvalue weighted by atomic mass is 79.9. The van der Waals surface area contributed by atoms with Crippen LogP contribution < -0.4 is 0 Å². The normalized spacial score (nSPS) is 31.6. The SMILES string of the molecule is OC[C@@]1(Br)O[C@](O)(Cc2ccccc2)[C@@](O)(Cc2ccccc2)[C@](O)(Cc2ccccc2)[C@@]1(O)Cc1ccccc1. The van der Waals surface area contributed by atoms with Gasteiger partial charge in [-0.15, -0.1) is 0 Å². The first-order valence-corrected chi connectivity index (χ1v) is 14.4. The number of benzene rings is 4. The minimum Gasteiger partial charge on any atom is -0.392 e. The predicted molar refractivity (Wildman–Crippen MR) is 160 cm³/mol. The van der Waals surface area contributed by atoms with Crippen LogP contribution in [0.15, 0.2) is 121 Å². The zero-order valence-corrected chi connectivity index (χ0v) is 24.2. The molecule has 5 atom stereocenters. The number of aliphatic hydroxyl groups excluding tert-OH is 1. The molecule has 1 fully saturated rings. The minimum absolute atomic E-state index is 0.207. The summed E-state index contributed by atoms with van der Waals surface area (Å²) in [6.45, 7) is -0.814. The maximum Gasteiger partial charge on any atom is 0.204 e. The quantitative estimate of drug-likeness (QED) is 0.182. The summed E-state index contributed by atoms with van der Waals surface area (Å²) in [4.78, 5) is 0. The lowest BCUT2D eigenvalue weighted by atomic mass is 9.56. The summed E-state index contributed by atoms with van der Waals surface area (Å²) >= 11 is 3.44. The Morgan fingerprint density at radius 2 is 0.780 bits per heavy atom. The molecule has 41 heavy (non-hydrogen) atoms. The smallest absolute Gasteiger partial charge is 0.204 e. The maximum atomic E-state index is 13.1. The van der Waals surface area contributed by atoms with Gasteiger partial charge in [0.05, 0.1) is 6.61 Å². The number of aliphatic hydroxyl groups is 5. The highest BCUT2D eigenvalue weighted by molar-refractivity contribution is 9.10. The Hall–Kier alpha value is -2.88. The molecule has 5 rings (SSSR count). The monoisotopic (exact) mass is 618 g/mol. The number of hydrogen-bond donors (Lipinski definition) is 5. The second kappa shape index (κ2) is 11.4. The van der Waals surface area contributed by atoms with Gasteiger partial charge in [0.25, 0.3) is 0 Å². The van der Waals surface area contributed by atoms with Crippen molar-refractivity contribution in [2.24, 2.45) is 0 Å². The van der Waals surface area contributed by atoms with Gasteiger partial charge < -0.3 is 30.3 Å². The fourth-order valence-corrected chi connectivity index (χ4v) is 6.89. The molecule has 4 aromatic rings. The summed E-state index contributed by atoms with van der Waals surface area (Å²) in [5.41, 5.74) is -4.81. The van der Waals surface area contributed by atoms with E-state index < -0.39 is 33.7 Å². The van der Waals surface area contributed by atoms with Crippen molar-refractivity contribution in [1.29, 1.82) is 0 Å². The van der Waals surface area contributed by atoms with Crippen LogP contribution >= 0.6 is 15.9 Å². The molecule has 1 aliphatic heterocycles. The van der Waals surface area contributed by atoms with E-state index in [9.17, 15) is 25.5 Å². The van der Waals surface area contributed by atoms with Crippen molar-refractivity contribution in [3.8, 4) is 0 Å². The fourth-order valence-electron chi connectivity index (χ4n) is 6.16. The topological polar surface area (TPSA) is 110 Å². The van der Waals surface area contributed by atoms with E-state index in [1.807, 2.05) is 24.3 Å². The number of halogens is 1. The number of rotatable bonds is 9. The van der Waals surface area contributed by atoms with Gasteiger partial charge in [-0.1, -0.05) is 121 Å². The molecule has 0 aliphatic carbocycles. The Bertz CT molecular complexity index is 1430. The maximum absolute atomic E-state index is 13.1. The largest absolute Gasteiger partial charge is 0.392 e. The average molecular weight is 620 g/mol. The lowest BCUT2D eigenvalue weighted by Crippen LogP contribution is -2.88. The number of hydrogen-bond acceptors (Lipinski definition) is 6. The Balaban J connectivity index is 1.78. The van der Waals surface area contributed by atoms with Crippen molar-refractivity contribution in [3.05, 3.63) is 144 Å². The van der Waals surface area contributed by atoms with Gasteiger partial charge in [-0.2, -0.15) is 0 Å². The second-order valence-corrected chi connectivity index (χ2v) is 12.3. The number of alkyl halides is 1. The molecule has 214 valence electrons. The third-order valence-corrected chi connectivity index (χ3v) is 9.43. The van der Waals surface area contributed by atoms with E-state index in [-0.39, 0.29) is 25.7 Å². The standard InChI is InChI=1S/C34H35BrO6/c35-33(25-36)31(38,22-27-15-7-2-8-16-27)30(37,21-26-13-5-1-6-14-26)32(39,23-28-17-9-3-10-18-28)34(40,41-33)24-29-19-11-4-12-20-29/h1-20,36-40H,21-25H2/t30-,31-,32+,33+,34+/m0/s1. The van der Waals surface area contributed by atoms with Gasteiger partial charge >= 0.3 is 0 Å². The van der Waals surface area contributed by atoms with Crippen LogP contribution in [0.1, 0.15) is 22.3 Å². The van der Waals surface area contributed by atoms with Crippen molar-refractivity contribution in [2.45, 2.75) is 52.8 Å². The predicted octanol–water partition coefficient (Wildman–Crippen LogP) is 3.95. The highest BCUT2D eigenvalue weighted by Crippen LogP contribution is 2.59. The van der Waals surface area contributed by atoms with Crippen molar-refractivity contribution in [1.82, 2.24) is 0 Å². The third kappa shape index (κ3) is 5.17. The number of ether oxygens (including phenoxy) is 1. The van der Waals surface area contributed by atoms with Gasteiger partial charge in [0.2, 0.25) is 5.79 Å². The van der Waals surface area contributed by atoms with E-state index in [0.29, 0.717) is 22.3 Å². The molecule has 0 amide bonds. The zero-order valence-electron chi connectivity index (χ0n) is 22.6. The van der Waals surface area contributed by atoms with Gasteiger partial charge in [0.1, 0.15) is 11.2 Å². The van der Waals surface area contributed by atoms with E-state index in [2.05, 4.69) is 15.9 Å². The van der Waals surface area contributed by atoms with Gasteiger partial charge in [-0.25, -0.2) is 0 Å². The average Bonchev–Trinajstić information content (AvgIpc) is 2.98. The van der Waals surface area contributed by atoms with E-state index >= 15 is 0 Å². The Labute approximate surface area is 248 Å². The summed E-state index contributed by atoms with van der Waals surface area (Å²) in [7, 11) is 0. The molecule has 4 aromatic carbocycles. The first-order valence-electron chi connectivity index (χ1n) is 13.6. The molecule has 5 N–H and O–H groups in total. The highest BCUT2D eigenvalue weighted by Gasteiger charge is 2.80. The van der Waals surface area contributed by atoms with Gasteiger partial charge in [-0.3, -0.25) is 0 Å². The summed E-state index contributed by atoms with van der Waals surface area (Å²) in [5, 5.41) is 62.1. The molecule has 0 aromatic heterocycles. The van der Waals surface area contributed by atoms with Crippen LogP contribution in [0.3, 0.4) is 0 Å². The van der Waals surface area contributed by atoms with E-state index in [1.54, 1.807) is 97.1 Å². The van der Waals surface area contributed by atoms with E-state index in [0.717, 1.165) is 0 Å². The molecule has 1 aliphatic rings. The second-order valence-electron chi connectivity index (χ2n) is 11.0. The van der Waals surface area contributed by atoms with Crippen molar-refractivity contribution in [2.75, 3.05) is 6.61 Å².